The van der Waals surface area contributed by atoms with E-state index in [0.29, 0.717) is 15.9 Å². The third-order valence-electron chi connectivity index (χ3n) is 3.64. The highest BCUT2D eigenvalue weighted by atomic mass is 32.2. The monoisotopic (exact) mass is 389 g/mol. The molecular weight excluding hydrogens is 374 g/mol. The van der Waals surface area contributed by atoms with Gasteiger partial charge in [-0.25, -0.2) is 13.2 Å². The van der Waals surface area contributed by atoms with Crippen LogP contribution in [0.5, 0.6) is 5.75 Å². The van der Waals surface area contributed by atoms with Crippen LogP contribution in [0.4, 0.5) is 0 Å². The highest BCUT2D eigenvalue weighted by Gasteiger charge is 2.22. The minimum atomic E-state index is -3.87. The number of hydroxylamine groups is 1. The van der Waals surface area contributed by atoms with Crippen molar-refractivity contribution < 1.29 is 27.2 Å². The van der Waals surface area contributed by atoms with E-state index in [1.807, 2.05) is 0 Å². The van der Waals surface area contributed by atoms with Gasteiger partial charge in [-0.1, -0.05) is 10.5 Å². The predicted molar refractivity (Wildman–Crippen MR) is 93.1 cm³/mol. The average molecular weight is 389 g/mol. The lowest BCUT2D eigenvalue weighted by Crippen LogP contribution is -2.26. The van der Waals surface area contributed by atoms with Crippen LogP contribution in [-0.2, 0) is 14.9 Å². The van der Waals surface area contributed by atoms with Gasteiger partial charge in [0, 0.05) is 12.6 Å². The van der Waals surface area contributed by atoms with Crippen molar-refractivity contribution in [3.05, 3.63) is 60.5 Å². The Morgan fingerprint density at radius 2 is 1.89 bits per heavy atom. The van der Waals surface area contributed by atoms with Crippen LogP contribution in [0, 0.1) is 0 Å². The van der Waals surface area contributed by atoms with E-state index >= 15 is 0 Å². The first-order chi connectivity index (χ1) is 12.9. The fourth-order valence-electron chi connectivity index (χ4n) is 2.16. The van der Waals surface area contributed by atoms with Gasteiger partial charge >= 0.3 is 5.97 Å². The summed E-state index contributed by atoms with van der Waals surface area (Å²) in [5.74, 6) is -0.0729. The molecule has 10 heteroatoms. The molecule has 2 aromatic carbocycles. The molecule has 0 amide bonds. The fourth-order valence-corrected chi connectivity index (χ4v) is 3.18. The van der Waals surface area contributed by atoms with E-state index in [0.717, 1.165) is 0 Å². The van der Waals surface area contributed by atoms with E-state index in [-0.39, 0.29) is 16.2 Å². The number of hydrogen-bond donors (Lipinski definition) is 0. The summed E-state index contributed by atoms with van der Waals surface area (Å²) in [5.41, 5.74) is 0.754. The molecule has 3 aromatic rings. The smallest absolute Gasteiger partial charge is 0.343 e. The standard InChI is InChI=1S/C17H15N3O6S/c1-20(24-2)27(22,23)15-5-3-4-13(10-15)17(21)26-14-8-6-12(7-9-14)16-19-18-11-25-16/h3-11H,1-2H3. The largest absolute Gasteiger partial charge is 0.423 e. The van der Waals surface area contributed by atoms with Gasteiger partial charge in [0.15, 0.2) is 0 Å². The molecule has 9 nitrogen and oxygen atoms in total. The second-order valence-electron chi connectivity index (χ2n) is 5.28. The van der Waals surface area contributed by atoms with E-state index < -0.39 is 16.0 Å². The van der Waals surface area contributed by atoms with Crippen LogP contribution in [0.2, 0.25) is 0 Å². The van der Waals surface area contributed by atoms with Gasteiger partial charge in [0.1, 0.15) is 5.75 Å². The third kappa shape index (κ3) is 4.03. The SMILES string of the molecule is CON(C)S(=O)(=O)c1cccc(C(=O)Oc2ccc(-c3nnco3)cc2)c1. The van der Waals surface area contributed by atoms with E-state index in [4.69, 9.17) is 14.0 Å². The van der Waals surface area contributed by atoms with Gasteiger partial charge in [0.2, 0.25) is 12.3 Å². The van der Waals surface area contributed by atoms with Crippen LogP contribution in [-0.4, -0.2) is 43.2 Å². The summed E-state index contributed by atoms with van der Waals surface area (Å²) in [4.78, 5) is 17.0. The van der Waals surface area contributed by atoms with Gasteiger partial charge < -0.3 is 9.15 Å². The number of rotatable bonds is 6. The van der Waals surface area contributed by atoms with Gasteiger partial charge in [-0.3, -0.25) is 4.84 Å². The Kier molecular flexibility index (Phi) is 5.31. The summed E-state index contributed by atoms with van der Waals surface area (Å²) >= 11 is 0. The van der Waals surface area contributed by atoms with Gasteiger partial charge in [0.25, 0.3) is 10.0 Å². The number of aromatic nitrogens is 2. The van der Waals surface area contributed by atoms with Crippen molar-refractivity contribution in [2.24, 2.45) is 0 Å². The molecule has 27 heavy (non-hydrogen) atoms. The highest BCUT2D eigenvalue weighted by Crippen LogP contribution is 2.22. The molecule has 0 bridgehead atoms. The number of carbonyl (C=O) groups excluding carboxylic acids is 1. The summed E-state index contributed by atoms with van der Waals surface area (Å²) in [6.07, 6.45) is 1.21. The normalized spacial score (nSPS) is 11.5. The number of hydrogen-bond acceptors (Lipinski definition) is 8. The van der Waals surface area contributed by atoms with Crippen molar-refractivity contribution in [2.45, 2.75) is 4.90 Å². The minimum absolute atomic E-state index is 0.0848. The van der Waals surface area contributed by atoms with Crippen LogP contribution < -0.4 is 4.74 Å². The Bertz CT molecular complexity index is 1030. The molecule has 0 aliphatic heterocycles. The Morgan fingerprint density at radius 1 is 1.15 bits per heavy atom. The first kappa shape index (κ1) is 18.7. The number of carbonyl (C=O) groups is 1. The maximum Gasteiger partial charge on any atom is 0.343 e. The van der Waals surface area contributed by atoms with Crippen molar-refractivity contribution in [3.8, 4) is 17.2 Å². The first-order valence-electron chi connectivity index (χ1n) is 7.63. The van der Waals surface area contributed by atoms with Gasteiger partial charge in [-0.2, -0.15) is 0 Å². The molecule has 0 N–H and O–H groups in total. The molecule has 0 fully saturated rings. The molecule has 1 heterocycles. The Labute approximate surface area is 155 Å². The molecule has 140 valence electrons. The topological polar surface area (TPSA) is 112 Å². The van der Waals surface area contributed by atoms with Crippen LogP contribution in [0.25, 0.3) is 11.5 Å². The molecule has 0 unspecified atom stereocenters. The maximum absolute atomic E-state index is 12.3. The van der Waals surface area contributed by atoms with Crippen molar-refractivity contribution in [3.63, 3.8) is 0 Å². The first-order valence-corrected chi connectivity index (χ1v) is 9.07. The Morgan fingerprint density at radius 3 is 2.52 bits per heavy atom. The van der Waals surface area contributed by atoms with Gasteiger partial charge in [0.05, 0.1) is 17.6 Å². The van der Waals surface area contributed by atoms with Crippen molar-refractivity contribution in [1.82, 2.24) is 14.7 Å². The maximum atomic E-state index is 12.3. The third-order valence-corrected chi connectivity index (χ3v) is 5.31. The summed E-state index contributed by atoms with van der Waals surface area (Å²) < 4.78 is 35.6. The number of esters is 1. The zero-order valence-electron chi connectivity index (χ0n) is 14.4. The summed E-state index contributed by atoms with van der Waals surface area (Å²) in [5, 5.41) is 7.38. The zero-order valence-corrected chi connectivity index (χ0v) is 15.2. The van der Waals surface area contributed by atoms with E-state index in [1.54, 1.807) is 24.3 Å². The molecule has 1 aromatic heterocycles. The van der Waals surface area contributed by atoms with Crippen LogP contribution in [0.1, 0.15) is 10.4 Å². The Hall–Kier alpha value is -3.08. The molecule has 0 aliphatic rings. The number of nitrogens with zero attached hydrogens (tertiary/aromatic N) is 3. The molecule has 0 spiro atoms. The fraction of sp³-hybridized carbons (Fsp3) is 0.118. The number of benzene rings is 2. The summed E-state index contributed by atoms with van der Waals surface area (Å²) in [6.45, 7) is 0. The molecule has 0 saturated heterocycles. The van der Waals surface area contributed by atoms with Crippen LogP contribution in [0.15, 0.2) is 64.2 Å². The molecule has 0 atom stereocenters. The minimum Gasteiger partial charge on any atom is -0.423 e. The zero-order chi connectivity index (χ0) is 19.4. The van der Waals surface area contributed by atoms with Crippen LogP contribution >= 0.6 is 0 Å². The lowest BCUT2D eigenvalue weighted by Gasteiger charge is -2.14. The lowest BCUT2D eigenvalue weighted by atomic mass is 10.2. The molecule has 0 saturated carbocycles. The van der Waals surface area contributed by atoms with E-state index in [9.17, 15) is 13.2 Å². The number of ether oxygens (including phenoxy) is 1. The number of sulfonamides is 1. The molecular formula is C17H15N3O6S. The predicted octanol–water partition coefficient (Wildman–Crippen LogP) is 2.14. The van der Waals surface area contributed by atoms with Crippen LogP contribution in [0.3, 0.4) is 0 Å². The Balaban J connectivity index is 1.78. The van der Waals surface area contributed by atoms with Crippen molar-refractivity contribution >= 4 is 16.0 Å². The average Bonchev–Trinajstić information content (AvgIpc) is 3.22. The van der Waals surface area contributed by atoms with Crippen molar-refractivity contribution in [1.29, 1.82) is 0 Å². The van der Waals surface area contributed by atoms with E-state index in [1.165, 1.54) is 44.8 Å². The van der Waals surface area contributed by atoms with Crippen molar-refractivity contribution in [2.75, 3.05) is 14.2 Å². The molecule has 0 aliphatic carbocycles. The second-order valence-corrected chi connectivity index (χ2v) is 7.22. The molecule has 3 rings (SSSR count). The van der Waals surface area contributed by atoms with E-state index in [2.05, 4.69) is 10.2 Å². The second kappa shape index (κ2) is 7.66. The van der Waals surface area contributed by atoms with Gasteiger partial charge in [-0.15, -0.1) is 10.2 Å². The summed E-state index contributed by atoms with van der Waals surface area (Å²) in [6, 6.07) is 11.9. The van der Waals surface area contributed by atoms with Gasteiger partial charge in [-0.05, 0) is 42.5 Å². The lowest BCUT2D eigenvalue weighted by molar-refractivity contribution is -0.0258. The highest BCUT2D eigenvalue weighted by molar-refractivity contribution is 7.89. The molecule has 0 radical (unpaired) electrons. The summed E-state index contributed by atoms with van der Waals surface area (Å²) in [7, 11) is -1.38. The quantitative estimate of drug-likeness (QED) is 0.358.